The summed E-state index contributed by atoms with van der Waals surface area (Å²) >= 11 is 0. The summed E-state index contributed by atoms with van der Waals surface area (Å²) < 4.78 is 35.9. The number of nitrogens with one attached hydrogen (secondary N) is 1. The monoisotopic (exact) mass is 437 g/mol. The van der Waals surface area contributed by atoms with Crippen LogP contribution in [0.3, 0.4) is 0 Å². The van der Waals surface area contributed by atoms with Gasteiger partial charge in [0, 0.05) is 17.7 Å². The molecule has 1 N–H and O–H groups in total. The number of sulfonamides is 1. The van der Waals surface area contributed by atoms with E-state index in [4.69, 9.17) is 9.47 Å². The Kier molecular flexibility index (Phi) is 7.22. The zero-order chi connectivity index (χ0) is 22.5. The van der Waals surface area contributed by atoms with E-state index in [1.807, 2.05) is 0 Å². The van der Waals surface area contributed by atoms with Crippen molar-refractivity contribution in [3.8, 4) is 11.5 Å². The molecule has 10 nitrogen and oxygen atoms in total. The maximum absolute atomic E-state index is 12.6. The fraction of sp³-hybridized carbons (Fsp3) is 0.316. The summed E-state index contributed by atoms with van der Waals surface area (Å²) in [6.07, 6.45) is 0.905. The third-order valence-corrected chi connectivity index (χ3v) is 5.44. The van der Waals surface area contributed by atoms with Gasteiger partial charge in [-0.2, -0.15) is 0 Å². The van der Waals surface area contributed by atoms with Crippen molar-refractivity contribution in [2.45, 2.75) is 13.0 Å². The van der Waals surface area contributed by atoms with Gasteiger partial charge in [0.2, 0.25) is 15.9 Å². The van der Waals surface area contributed by atoms with E-state index in [1.165, 1.54) is 26.4 Å². The molecule has 2 aromatic carbocycles. The van der Waals surface area contributed by atoms with Crippen molar-refractivity contribution in [3.63, 3.8) is 0 Å². The second-order valence-electron chi connectivity index (χ2n) is 6.41. The standard InChI is InChI=1S/C19H23N3O7S/c1-13(15-7-5-6-8-17(15)28-2)20-19(23)12-21(30(4,26)27)16-11-14(22(24)25)9-10-18(16)29-3/h5-11,13H,12H2,1-4H3,(H,20,23)/t13-/m1/s1. The molecule has 0 aromatic heterocycles. The minimum atomic E-state index is -3.96. The van der Waals surface area contributed by atoms with Crippen LogP contribution < -0.4 is 19.1 Å². The van der Waals surface area contributed by atoms with Gasteiger partial charge in [0.05, 0.1) is 31.4 Å². The number of amides is 1. The largest absolute Gasteiger partial charge is 0.496 e. The molecule has 0 saturated carbocycles. The highest BCUT2D eigenvalue weighted by Crippen LogP contribution is 2.33. The minimum Gasteiger partial charge on any atom is -0.496 e. The number of carbonyl (C=O) groups excluding carboxylic acids is 1. The molecule has 0 fully saturated rings. The van der Waals surface area contributed by atoms with Gasteiger partial charge in [0.1, 0.15) is 23.7 Å². The molecular formula is C19H23N3O7S. The highest BCUT2D eigenvalue weighted by Gasteiger charge is 2.27. The Hall–Kier alpha value is -3.34. The molecule has 30 heavy (non-hydrogen) atoms. The first-order chi connectivity index (χ1) is 14.1. The molecular weight excluding hydrogens is 414 g/mol. The van der Waals surface area contributed by atoms with Gasteiger partial charge in [-0.25, -0.2) is 8.42 Å². The van der Waals surface area contributed by atoms with Crippen molar-refractivity contribution in [1.29, 1.82) is 0 Å². The summed E-state index contributed by atoms with van der Waals surface area (Å²) in [6, 6.07) is 10.1. The average Bonchev–Trinajstić information content (AvgIpc) is 2.70. The molecule has 162 valence electrons. The lowest BCUT2D eigenvalue weighted by atomic mass is 10.1. The highest BCUT2D eigenvalue weighted by atomic mass is 32.2. The number of hydrogen-bond donors (Lipinski definition) is 1. The van der Waals surface area contributed by atoms with Crippen LogP contribution in [0, 0.1) is 10.1 Å². The van der Waals surface area contributed by atoms with E-state index in [0.717, 1.165) is 16.6 Å². The Balaban J connectivity index is 2.33. The van der Waals surface area contributed by atoms with Crippen LogP contribution in [0.15, 0.2) is 42.5 Å². The van der Waals surface area contributed by atoms with E-state index in [0.29, 0.717) is 11.3 Å². The summed E-state index contributed by atoms with van der Waals surface area (Å²) in [5.41, 5.74) is 0.281. The van der Waals surface area contributed by atoms with Crippen molar-refractivity contribution < 1.29 is 27.6 Å². The lowest BCUT2D eigenvalue weighted by Crippen LogP contribution is -2.41. The number of nitrogens with zero attached hydrogens (tertiary/aromatic N) is 2. The van der Waals surface area contributed by atoms with Crippen molar-refractivity contribution in [2.75, 3.05) is 31.3 Å². The van der Waals surface area contributed by atoms with Crippen LogP contribution >= 0.6 is 0 Å². The molecule has 0 aliphatic carbocycles. The summed E-state index contributed by atoms with van der Waals surface area (Å²) in [5.74, 6) is 0.0506. The molecule has 1 atom stereocenters. The number of hydrogen-bond acceptors (Lipinski definition) is 7. The molecule has 0 radical (unpaired) electrons. The van der Waals surface area contributed by atoms with E-state index >= 15 is 0 Å². The molecule has 11 heteroatoms. The molecule has 1 amide bonds. The van der Waals surface area contributed by atoms with Crippen LogP contribution in [-0.4, -0.2) is 46.3 Å². The van der Waals surface area contributed by atoms with Crippen LogP contribution in [0.5, 0.6) is 11.5 Å². The lowest BCUT2D eigenvalue weighted by Gasteiger charge is -2.25. The highest BCUT2D eigenvalue weighted by molar-refractivity contribution is 7.92. The molecule has 0 saturated heterocycles. The number of non-ortho nitro benzene ring substituents is 1. The Morgan fingerprint density at radius 3 is 2.37 bits per heavy atom. The van der Waals surface area contributed by atoms with Crippen molar-refractivity contribution in [3.05, 3.63) is 58.1 Å². The van der Waals surface area contributed by atoms with Crippen LogP contribution in [-0.2, 0) is 14.8 Å². The first kappa shape index (κ1) is 22.9. The van der Waals surface area contributed by atoms with Crippen LogP contribution in [0.4, 0.5) is 11.4 Å². The third kappa shape index (κ3) is 5.38. The molecule has 0 aliphatic heterocycles. The number of nitro benzene ring substituents is 1. The van der Waals surface area contributed by atoms with Gasteiger partial charge < -0.3 is 14.8 Å². The lowest BCUT2D eigenvalue weighted by molar-refractivity contribution is -0.384. The first-order valence-corrected chi connectivity index (χ1v) is 10.7. The molecule has 0 unspecified atom stereocenters. The summed E-state index contributed by atoms with van der Waals surface area (Å²) in [5, 5.41) is 13.8. The number of rotatable bonds is 9. The van der Waals surface area contributed by atoms with Gasteiger partial charge >= 0.3 is 0 Å². The molecule has 0 spiro atoms. The Bertz CT molecular complexity index is 1040. The van der Waals surface area contributed by atoms with Crippen LogP contribution in [0.2, 0.25) is 0 Å². The average molecular weight is 437 g/mol. The normalized spacial score (nSPS) is 12.0. The molecule has 0 bridgehead atoms. The predicted octanol–water partition coefficient (Wildman–Crippen LogP) is 2.26. The zero-order valence-corrected chi connectivity index (χ0v) is 17.8. The number of ether oxygens (including phenoxy) is 2. The smallest absolute Gasteiger partial charge is 0.271 e. The van der Waals surface area contributed by atoms with Gasteiger partial charge in [0.25, 0.3) is 5.69 Å². The topological polar surface area (TPSA) is 128 Å². The summed E-state index contributed by atoms with van der Waals surface area (Å²) in [6.45, 7) is 1.14. The maximum atomic E-state index is 12.6. The number of benzene rings is 2. The van der Waals surface area contributed by atoms with E-state index in [2.05, 4.69) is 5.32 Å². The van der Waals surface area contributed by atoms with Gasteiger partial charge in [-0.15, -0.1) is 0 Å². The first-order valence-electron chi connectivity index (χ1n) is 8.81. The second kappa shape index (κ2) is 9.44. The Morgan fingerprint density at radius 1 is 1.17 bits per heavy atom. The SMILES string of the molecule is COc1ccccc1[C@@H](C)NC(=O)CN(c1cc([N+](=O)[O-])ccc1OC)S(C)(=O)=O. The number of carbonyl (C=O) groups is 1. The Labute approximate surface area is 174 Å². The zero-order valence-electron chi connectivity index (χ0n) is 17.0. The molecule has 0 heterocycles. The quantitative estimate of drug-likeness (QED) is 0.471. The van der Waals surface area contributed by atoms with Gasteiger partial charge in [-0.05, 0) is 19.1 Å². The van der Waals surface area contributed by atoms with Crippen molar-refractivity contribution >= 4 is 27.3 Å². The maximum Gasteiger partial charge on any atom is 0.271 e. The minimum absolute atomic E-state index is 0.0802. The number of anilines is 1. The second-order valence-corrected chi connectivity index (χ2v) is 8.32. The molecule has 0 aliphatic rings. The summed E-state index contributed by atoms with van der Waals surface area (Å²) in [4.78, 5) is 23.1. The van der Waals surface area contributed by atoms with Crippen molar-refractivity contribution in [1.82, 2.24) is 5.32 Å². The fourth-order valence-electron chi connectivity index (χ4n) is 2.89. The van der Waals surface area contributed by atoms with Crippen molar-refractivity contribution in [2.24, 2.45) is 0 Å². The summed E-state index contributed by atoms with van der Waals surface area (Å²) in [7, 11) is -1.15. The van der Waals surface area contributed by atoms with Crippen LogP contribution in [0.25, 0.3) is 0 Å². The third-order valence-electron chi connectivity index (χ3n) is 4.31. The van der Waals surface area contributed by atoms with Gasteiger partial charge in [-0.1, -0.05) is 18.2 Å². The number of methoxy groups -OCH3 is 2. The van der Waals surface area contributed by atoms with Gasteiger partial charge in [-0.3, -0.25) is 19.2 Å². The van der Waals surface area contributed by atoms with Gasteiger partial charge in [0.15, 0.2) is 0 Å². The predicted molar refractivity (Wildman–Crippen MR) is 111 cm³/mol. The Morgan fingerprint density at radius 2 is 1.80 bits per heavy atom. The molecule has 2 rings (SSSR count). The van der Waals surface area contributed by atoms with E-state index < -0.39 is 33.4 Å². The fourth-order valence-corrected chi connectivity index (χ4v) is 3.74. The van der Waals surface area contributed by atoms with E-state index in [9.17, 15) is 23.3 Å². The number of para-hydroxylation sites is 1. The number of nitro groups is 1. The van der Waals surface area contributed by atoms with Crippen LogP contribution in [0.1, 0.15) is 18.5 Å². The van der Waals surface area contributed by atoms with E-state index in [-0.39, 0.29) is 17.1 Å². The molecule has 2 aromatic rings. The van der Waals surface area contributed by atoms with E-state index in [1.54, 1.807) is 31.2 Å².